The van der Waals surface area contributed by atoms with E-state index in [1.807, 2.05) is 0 Å². The van der Waals surface area contributed by atoms with Gasteiger partial charge in [0.05, 0.1) is 4.92 Å². The molecule has 0 spiro atoms. The van der Waals surface area contributed by atoms with E-state index in [9.17, 15) is 14.9 Å². The van der Waals surface area contributed by atoms with Gasteiger partial charge in [0.1, 0.15) is 0 Å². The van der Waals surface area contributed by atoms with Gasteiger partial charge in [0.15, 0.2) is 0 Å². The molecule has 0 N–H and O–H groups in total. The van der Waals surface area contributed by atoms with Gasteiger partial charge in [-0.25, -0.2) is 4.79 Å². The minimum atomic E-state index is -1.25. The second-order valence-corrected chi connectivity index (χ2v) is 2.61. The van der Waals surface area contributed by atoms with Crippen LogP contribution in [0.4, 0.5) is 4.79 Å². The zero-order chi connectivity index (χ0) is 9.14. The fraction of sp³-hybridized carbons (Fsp3) is 0.833. The number of carbonyl (C=O) groups excluding carboxylic acids is 1. The second-order valence-electron chi connectivity index (χ2n) is 2.61. The van der Waals surface area contributed by atoms with E-state index in [2.05, 4.69) is 4.74 Å². The van der Waals surface area contributed by atoms with Crippen LogP contribution in [0.3, 0.4) is 0 Å². The summed E-state index contributed by atoms with van der Waals surface area (Å²) >= 11 is 0. The van der Waals surface area contributed by atoms with E-state index in [0.29, 0.717) is 13.1 Å². The van der Waals surface area contributed by atoms with Gasteiger partial charge in [0.25, 0.3) is 0 Å². The second kappa shape index (κ2) is 3.38. The quantitative estimate of drug-likeness (QED) is 0.346. The number of rotatable bonds is 2. The third kappa shape index (κ3) is 1.84. The van der Waals surface area contributed by atoms with Crippen molar-refractivity contribution >= 4 is 6.09 Å². The summed E-state index contributed by atoms with van der Waals surface area (Å²) in [6.45, 7) is 2.52. The van der Waals surface area contributed by atoms with E-state index in [1.165, 1.54) is 11.8 Å². The zero-order valence-corrected chi connectivity index (χ0v) is 6.73. The summed E-state index contributed by atoms with van der Waals surface area (Å²) in [5.41, 5.74) is 0. The summed E-state index contributed by atoms with van der Waals surface area (Å²) in [5.74, 6) is 0. The molecule has 6 heteroatoms. The normalized spacial score (nSPS) is 17.9. The lowest BCUT2D eigenvalue weighted by Crippen LogP contribution is -2.44. The van der Waals surface area contributed by atoms with Crippen LogP contribution >= 0.6 is 0 Å². The first-order chi connectivity index (χ1) is 5.61. The first kappa shape index (κ1) is 8.76. The van der Waals surface area contributed by atoms with Gasteiger partial charge in [-0.2, -0.15) is 0 Å². The summed E-state index contributed by atoms with van der Waals surface area (Å²) < 4.78 is 4.50. The highest BCUT2D eigenvalue weighted by atomic mass is 16.7. The predicted octanol–water partition coefficient (Wildman–Crippen LogP) is 0.451. The number of hydrogen-bond donors (Lipinski definition) is 0. The largest absolute Gasteiger partial charge is 0.414 e. The minimum Gasteiger partial charge on any atom is -0.381 e. The van der Waals surface area contributed by atoms with Gasteiger partial charge in [-0.1, -0.05) is 0 Å². The van der Waals surface area contributed by atoms with Crippen LogP contribution in [0.15, 0.2) is 0 Å². The predicted molar refractivity (Wildman–Crippen MR) is 39.1 cm³/mol. The number of nitro groups is 1. The zero-order valence-electron chi connectivity index (χ0n) is 6.73. The van der Waals surface area contributed by atoms with Crippen molar-refractivity contribution in [2.24, 2.45) is 0 Å². The maximum atomic E-state index is 10.9. The first-order valence-corrected chi connectivity index (χ1v) is 3.70. The van der Waals surface area contributed by atoms with Crippen molar-refractivity contribution in [3.63, 3.8) is 0 Å². The Labute approximate surface area is 69.2 Å². The minimum absolute atomic E-state index is 0.592. The number of carbonyl (C=O) groups is 1. The van der Waals surface area contributed by atoms with E-state index in [1.54, 1.807) is 0 Å². The standard InChI is InChI=1S/C6H10N2O4/c1-5(8(10)11)12-6(9)7-3-2-4-7/h5H,2-4H2,1H3. The molecule has 0 aromatic carbocycles. The molecular formula is C6H10N2O4. The SMILES string of the molecule is CC(OC(=O)N1CCC1)[N+](=O)[O-]. The van der Waals surface area contributed by atoms with E-state index in [0.717, 1.165) is 6.42 Å². The third-order valence-electron chi connectivity index (χ3n) is 1.68. The van der Waals surface area contributed by atoms with Crippen molar-refractivity contribution in [2.45, 2.75) is 19.6 Å². The van der Waals surface area contributed by atoms with Crippen molar-refractivity contribution in [3.8, 4) is 0 Å². The molecule has 68 valence electrons. The summed E-state index contributed by atoms with van der Waals surface area (Å²) in [6, 6.07) is 0. The van der Waals surface area contributed by atoms with Crippen LogP contribution < -0.4 is 0 Å². The molecule has 1 fully saturated rings. The number of ether oxygens (including phenoxy) is 1. The molecule has 1 amide bonds. The highest BCUT2D eigenvalue weighted by molar-refractivity contribution is 5.68. The molecule has 0 bridgehead atoms. The molecule has 0 saturated carbocycles. The smallest absolute Gasteiger partial charge is 0.381 e. The summed E-state index contributed by atoms with van der Waals surface area (Å²) in [7, 11) is 0. The maximum Gasteiger partial charge on any atom is 0.414 e. The summed E-state index contributed by atoms with van der Waals surface area (Å²) in [6.07, 6.45) is -0.898. The van der Waals surface area contributed by atoms with Gasteiger partial charge in [-0.3, -0.25) is 10.1 Å². The Morgan fingerprint density at radius 2 is 2.25 bits per heavy atom. The van der Waals surface area contributed by atoms with E-state index >= 15 is 0 Å². The van der Waals surface area contributed by atoms with Crippen LogP contribution in [0, 0.1) is 10.1 Å². The Morgan fingerprint density at radius 1 is 1.67 bits per heavy atom. The first-order valence-electron chi connectivity index (χ1n) is 3.70. The van der Waals surface area contributed by atoms with Gasteiger partial charge in [0, 0.05) is 20.0 Å². The van der Waals surface area contributed by atoms with Crippen molar-refractivity contribution in [1.82, 2.24) is 4.90 Å². The van der Waals surface area contributed by atoms with Gasteiger partial charge in [0.2, 0.25) is 0 Å². The Morgan fingerprint density at radius 3 is 2.58 bits per heavy atom. The molecule has 1 rings (SSSR count). The number of hydrogen-bond acceptors (Lipinski definition) is 4. The van der Waals surface area contributed by atoms with Crippen molar-refractivity contribution < 1.29 is 14.5 Å². The molecule has 1 unspecified atom stereocenters. The number of amides is 1. The topological polar surface area (TPSA) is 72.7 Å². The summed E-state index contributed by atoms with van der Waals surface area (Å²) in [4.78, 5) is 21.8. The van der Waals surface area contributed by atoms with Crippen LogP contribution in [-0.2, 0) is 4.74 Å². The van der Waals surface area contributed by atoms with Gasteiger partial charge in [-0.15, -0.1) is 0 Å². The number of nitrogens with zero attached hydrogens (tertiary/aromatic N) is 2. The molecule has 0 radical (unpaired) electrons. The highest BCUT2D eigenvalue weighted by Gasteiger charge is 2.26. The van der Waals surface area contributed by atoms with Crippen LogP contribution in [0.5, 0.6) is 0 Å². The lowest BCUT2D eigenvalue weighted by molar-refractivity contribution is -0.562. The Hall–Kier alpha value is -1.33. The molecule has 0 aromatic heterocycles. The van der Waals surface area contributed by atoms with Gasteiger partial charge in [-0.05, 0) is 6.42 Å². The van der Waals surface area contributed by atoms with E-state index in [4.69, 9.17) is 0 Å². The molecule has 1 aliphatic heterocycles. The molecule has 1 aliphatic rings. The molecule has 1 saturated heterocycles. The van der Waals surface area contributed by atoms with E-state index < -0.39 is 17.2 Å². The fourth-order valence-electron chi connectivity index (χ4n) is 0.762. The van der Waals surface area contributed by atoms with Crippen molar-refractivity contribution in [3.05, 3.63) is 10.1 Å². The molecule has 12 heavy (non-hydrogen) atoms. The Balaban J connectivity index is 2.29. The molecule has 0 aromatic rings. The fourth-order valence-corrected chi connectivity index (χ4v) is 0.762. The van der Waals surface area contributed by atoms with Crippen LogP contribution in [0.25, 0.3) is 0 Å². The molecular weight excluding hydrogens is 164 g/mol. The number of likely N-dealkylation sites (tertiary alicyclic amines) is 1. The van der Waals surface area contributed by atoms with E-state index in [-0.39, 0.29) is 0 Å². The molecule has 0 aliphatic carbocycles. The monoisotopic (exact) mass is 174 g/mol. The Kier molecular flexibility index (Phi) is 2.47. The van der Waals surface area contributed by atoms with Crippen LogP contribution in [0.1, 0.15) is 13.3 Å². The maximum absolute atomic E-state index is 10.9. The van der Waals surface area contributed by atoms with Gasteiger partial charge < -0.3 is 9.64 Å². The van der Waals surface area contributed by atoms with Crippen LogP contribution in [0.2, 0.25) is 0 Å². The Bertz CT molecular complexity index is 202. The van der Waals surface area contributed by atoms with Crippen molar-refractivity contribution in [2.75, 3.05) is 13.1 Å². The van der Waals surface area contributed by atoms with Crippen molar-refractivity contribution in [1.29, 1.82) is 0 Å². The van der Waals surface area contributed by atoms with Gasteiger partial charge >= 0.3 is 12.3 Å². The molecule has 1 atom stereocenters. The lowest BCUT2D eigenvalue weighted by Gasteiger charge is -2.29. The molecule has 1 heterocycles. The average Bonchev–Trinajstić information content (AvgIpc) is 1.82. The lowest BCUT2D eigenvalue weighted by atomic mass is 10.2. The average molecular weight is 174 g/mol. The third-order valence-corrected chi connectivity index (χ3v) is 1.68. The molecule has 6 nitrogen and oxygen atoms in total. The highest BCUT2D eigenvalue weighted by Crippen LogP contribution is 2.08. The van der Waals surface area contributed by atoms with Crippen LogP contribution in [-0.4, -0.2) is 35.2 Å². The summed E-state index contributed by atoms with van der Waals surface area (Å²) in [5, 5.41) is 10.1.